The Morgan fingerprint density at radius 2 is 2.26 bits per heavy atom. The normalized spacial score (nSPS) is 32.0. The Labute approximate surface area is 154 Å². The largest absolute Gasteiger partial charge is 0.458 e. The van der Waals surface area contributed by atoms with Gasteiger partial charge in [-0.1, -0.05) is 19.8 Å². The van der Waals surface area contributed by atoms with Crippen LogP contribution in [0.5, 0.6) is 0 Å². The number of hydrogen-bond acceptors (Lipinski definition) is 8. The number of hydrogen-bond donors (Lipinski definition) is 4. The standard InChI is InChI=1S/C16H20FN3O7/c1-4-8-5-20(15(25)19-12(8)23)13-10(21)11(22)16(17,27-13)6-26-14(24)9(18)7(2)3/h1,5,7,9-11,13,21-22H,6,18H2,2-3H3,(H,19,23,25)/t9-,10+,11-,13+,16+/m0/s1/i13D. The molecule has 5 N–H and O–H groups in total. The first kappa shape index (κ1) is 19.2. The monoisotopic (exact) mass is 386 g/mol. The number of aliphatic hydroxyl groups is 2. The zero-order chi connectivity index (χ0) is 21.4. The highest BCUT2D eigenvalue weighted by atomic mass is 19.2. The first-order valence-electron chi connectivity index (χ1n) is 8.38. The van der Waals surface area contributed by atoms with Crippen LogP contribution in [0, 0.1) is 18.3 Å². The molecule has 1 saturated heterocycles. The molecule has 2 rings (SSSR count). The Hall–Kier alpha value is -2.52. The highest BCUT2D eigenvalue weighted by Gasteiger charge is 2.57. The summed E-state index contributed by atoms with van der Waals surface area (Å²) in [6.07, 6.45) is -1.76. The summed E-state index contributed by atoms with van der Waals surface area (Å²) in [7, 11) is 0. The van der Waals surface area contributed by atoms with E-state index < -0.39 is 59.7 Å². The van der Waals surface area contributed by atoms with Crippen molar-refractivity contribution in [2.24, 2.45) is 11.7 Å². The molecule has 1 aromatic heterocycles. The molecule has 148 valence electrons. The van der Waals surface area contributed by atoms with Gasteiger partial charge in [-0.3, -0.25) is 19.1 Å². The minimum atomic E-state index is -3.24. The molecule has 0 aliphatic carbocycles. The first-order valence-corrected chi connectivity index (χ1v) is 7.88. The molecule has 27 heavy (non-hydrogen) atoms. The highest BCUT2D eigenvalue weighted by Crippen LogP contribution is 2.38. The van der Waals surface area contributed by atoms with Crippen LogP contribution >= 0.6 is 0 Å². The molecule has 0 bridgehead atoms. The SMILES string of the molecule is [2H][C@@]1(n2cc(C#C)c(=O)[nH]c2=O)O[C@](F)(COC(=O)[C@@H](N)C(C)C)[C@@H](O)[C@H]1O. The van der Waals surface area contributed by atoms with Crippen LogP contribution in [-0.2, 0) is 14.3 Å². The molecule has 1 aromatic rings. The van der Waals surface area contributed by atoms with Gasteiger partial charge in [0.15, 0.2) is 12.8 Å². The maximum atomic E-state index is 15.1. The van der Waals surface area contributed by atoms with Crippen LogP contribution in [0.2, 0.25) is 0 Å². The van der Waals surface area contributed by atoms with Crippen LogP contribution in [0.4, 0.5) is 4.39 Å². The summed E-state index contributed by atoms with van der Waals surface area (Å²) in [6.45, 7) is 2.05. The molecular weight excluding hydrogens is 365 g/mol. The summed E-state index contributed by atoms with van der Waals surface area (Å²) < 4.78 is 33.1. The molecule has 10 nitrogen and oxygen atoms in total. The zero-order valence-electron chi connectivity index (χ0n) is 15.5. The maximum Gasteiger partial charge on any atom is 0.330 e. The molecule has 5 atom stereocenters. The molecule has 1 aliphatic rings. The van der Waals surface area contributed by atoms with Gasteiger partial charge in [-0.2, -0.15) is 0 Å². The minimum absolute atomic E-state index is 0.319. The number of nitrogens with one attached hydrogen (secondary N) is 1. The van der Waals surface area contributed by atoms with Gasteiger partial charge >= 0.3 is 11.7 Å². The van der Waals surface area contributed by atoms with E-state index >= 15 is 4.39 Å². The number of rotatable bonds is 5. The van der Waals surface area contributed by atoms with Crippen molar-refractivity contribution in [2.45, 2.75) is 44.2 Å². The predicted molar refractivity (Wildman–Crippen MR) is 89.0 cm³/mol. The van der Waals surface area contributed by atoms with Crippen molar-refractivity contribution in [1.29, 1.82) is 0 Å². The van der Waals surface area contributed by atoms with Crippen molar-refractivity contribution in [3.8, 4) is 12.3 Å². The number of nitrogens with zero attached hydrogens (tertiary/aromatic N) is 1. The number of alkyl halides is 1. The summed E-state index contributed by atoms with van der Waals surface area (Å²) in [5.74, 6) is -2.60. The van der Waals surface area contributed by atoms with Crippen LogP contribution in [0.3, 0.4) is 0 Å². The van der Waals surface area contributed by atoms with Crippen LogP contribution in [0.15, 0.2) is 15.8 Å². The number of aromatic nitrogens is 2. The Morgan fingerprint density at radius 3 is 2.81 bits per heavy atom. The van der Waals surface area contributed by atoms with Crippen LogP contribution < -0.4 is 17.0 Å². The number of ether oxygens (including phenoxy) is 2. The van der Waals surface area contributed by atoms with Gasteiger partial charge in [0.25, 0.3) is 11.4 Å². The first-order chi connectivity index (χ1) is 12.9. The van der Waals surface area contributed by atoms with Gasteiger partial charge in [-0.25, -0.2) is 9.18 Å². The lowest BCUT2D eigenvalue weighted by Crippen LogP contribution is -2.46. The van der Waals surface area contributed by atoms with Gasteiger partial charge in [0, 0.05) is 6.20 Å². The molecule has 0 unspecified atom stereocenters. The van der Waals surface area contributed by atoms with Gasteiger partial charge in [-0.15, -0.1) is 6.42 Å². The van der Waals surface area contributed by atoms with Crippen molar-refractivity contribution in [3.05, 3.63) is 32.6 Å². The Kier molecular flexibility index (Phi) is 5.43. The van der Waals surface area contributed by atoms with Gasteiger partial charge in [0.2, 0.25) is 0 Å². The van der Waals surface area contributed by atoms with Crippen molar-refractivity contribution < 1.29 is 30.2 Å². The molecule has 11 heteroatoms. The third-order valence-electron chi connectivity index (χ3n) is 4.00. The smallest absolute Gasteiger partial charge is 0.330 e. The third-order valence-corrected chi connectivity index (χ3v) is 4.00. The van der Waals surface area contributed by atoms with Crippen molar-refractivity contribution in [3.63, 3.8) is 0 Å². The van der Waals surface area contributed by atoms with E-state index in [2.05, 4.69) is 0 Å². The van der Waals surface area contributed by atoms with E-state index in [4.69, 9.17) is 23.0 Å². The Morgan fingerprint density at radius 1 is 1.63 bits per heavy atom. The molecule has 0 radical (unpaired) electrons. The molecule has 1 fully saturated rings. The van der Waals surface area contributed by atoms with E-state index in [1.807, 2.05) is 5.92 Å². The van der Waals surface area contributed by atoms with Gasteiger partial charge < -0.3 is 25.4 Å². The number of aromatic amines is 1. The second kappa shape index (κ2) is 7.61. The number of carbonyl (C=O) groups is 1. The van der Waals surface area contributed by atoms with E-state index in [-0.39, 0.29) is 5.92 Å². The number of H-pyrrole nitrogens is 1. The third kappa shape index (κ3) is 3.93. The Balaban J connectivity index is 2.35. The van der Waals surface area contributed by atoms with Crippen LogP contribution in [0.25, 0.3) is 0 Å². The Bertz CT molecular complexity index is 926. The second-order valence-corrected chi connectivity index (χ2v) is 6.31. The highest BCUT2D eigenvalue weighted by molar-refractivity contribution is 5.75. The summed E-state index contributed by atoms with van der Waals surface area (Å²) in [5.41, 5.74) is 2.99. The maximum absolute atomic E-state index is 15.1. The van der Waals surface area contributed by atoms with E-state index in [0.717, 1.165) is 0 Å². The lowest BCUT2D eigenvalue weighted by atomic mass is 10.1. The number of terminal acetylenes is 1. The lowest BCUT2D eigenvalue weighted by Gasteiger charge is -2.24. The summed E-state index contributed by atoms with van der Waals surface area (Å²) in [5, 5.41) is 20.2. The van der Waals surface area contributed by atoms with E-state index in [9.17, 15) is 24.6 Å². The second-order valence-electron chi connectivity index (χ2n) is 6.31. The molecule has 2 heterocycles. The topological polar surface area (TPSA) is 157 Å². The average molecular weight is 386 g/mol. The van der Waals surface area contributed by atoms with Gasteiger partial charge in [-0.05, 0) is 5.92 Å². The van der Waals surface area contributed by atoms with Crippen molar-refractivity contribution >= 4 is 5.97 Å². The summed E-state index contributed by atoms with van der Waals surface area (Å²) in [4.78, 5) is 37.2. The average Bonchev–Trinajstić information content (AvgIpc) is 2.80. The van der Waals surface area contributed by atoms with E-state index in [1.165, 1.54) is 0 Å². The van der Waals surface area contributed by atoms with Crippen LogP contribution in [-0.4, -0.2) is 56.4 Å². The summed E-state index contributed by atoms with van der Waals surface area (Å²) >= 11 is 0. The minimum Gasteiger partial charge on any atom is -0.458 e. The van der Waals surface area contributed by atoms with Gasteiger partial charge in [0.1, 0.15) is 23.8 Å². The quantitative estimate of drug-likeness (QED) is 0.333. The van der Waals surface area contributed by atoms with Crippen molar-refractivity contribution in [2.75, 3.05) is 6.61 Å². The molecule has 1 aliphatic heterocycles. The lowest BCUT2D eigenvalue weighted by molar-refractivity contribution is -0.217. The fraction of sp³-hybridized carbons (Fsp3) is 0.562. The van der Waals surface area contributed by atoms with E-state index in [0.29, 0.717) is 10.8 Å². The van der Waals surface area contributed by atoms with Crippen molar-refractivity contribution in [1.82, 2.24) is 9.55 Å². The molecule has 0 saturated carbocycles. The van der Waals surface area contributed by atoms with E-state index in [1.54, 1.807) is 18.8 Å². The molecular formula is C16H20FN3O7. The van der Waals surface area contributed by atoms with Gasteiger partial charge in [0.05, 0.1) is 1.37 Å². The number of aliphatic hydroxyl groups excluding tert-OH is 2. The predicted octanol–water partition coefficient (Wildman–Crippen LogP) is -2.04. The number of nitrogens with two attached hydrogens (primary N) is 1. The molecule has 0 spiro atoms. The zero-order valence-corrected chi connectivity index (χ0v) is 14.5. The molecule has 0 amide bonds. The number of carbonyl (C=O) groups excluding carboxylic acids is 1. The summed E-state index contributed by atoms with van der Waals surface area (Å²) in [6, 6.07) is -1.08. The molecule has 0 aromatic carbocycles. The fourth-order valence-electron chi connectivity index (χ4n) is 2.25. The fourth-order valence-corrected chi connectivity index (χ4v) is 2.25. The number of esters is 1. The number of halogens is 1. The van der Waals surface area contributed by atoms with Crippen LogP contribution in [0.1, 0.15) is 27.0 Å².